The minimum absolute atomic E-state index is 0.0516. The van der Waals surface area contributed by atoms with Crippen molar-refractivity contribution in [1.82, 2.24) is 9.55 Å². The van der Waals surface area contributed by atoms with Crippen LogP contribution in [0.4, 0.5) is 0 Å². The van der Waals surface area contributed by atoms with Crippen LogP contribution >= 0.6 is 11.8 Å². The van der Waals surface area contributed by atoms with Gasteiger partial charge in [-0.15, -0.1) is 0 Å². The third kappa shape index (κ3) is 4.84. The van der Waals surface area contributed by atoms with Gasteiger partial charge in [0.05, 0.1) is 17.0 Å². The second kappa shape index (κ2) is 8.73. The average molecular weight is 329 g/mol. The van der Waals surface area contributed by atoms with Gasteiger partial charge in [0.15, 0.2) is 5.16 Å². The summed E-state index contributed by atoms with van der Waals surface area (Å²) in [4.78, 5) is 17.5. The molecule has 4 nitrogen and oxygen atoms in total. The zero-order valence-corrected chi connectivity index (χ0v) is 14.6. The first-order valence-electron chi connectivity index (χ1n) is 8.13. The van der Waals surface area contributed by atoms with Gasteiger partial charge in [0.25, 0.3) is 5.56 Å². The van der Waals surface area contributed by atoms with Crippen LogP contribution in [-0.4, -0.2) is 15.3 Å². The lowest BCUT2D eigenvalue weighted by Crippen LogP contribution is -2.24. The number of aromatic nitrogens is 2. The van der Waals surface area contributed by atoms with Gasteiger partial charge in [-0.3, -0.25) is 9.36 Å². The first-order chi connectivity index (χ1) is 11.1. The molecule has 0 radical (unpaired) electrons. The number of thioether (sulfide) groups is 1. The molecule has 0 N–H and O–H groups in total. The van der Waals surface area contributed by atoms with Crippen molar-refractivity contribution in [2.24, 2.45) is 5.92 Å². The molecule has 23 heavy (non-hydrogen) atoms. The Hall–Kier alpha value is -1.80. The van der Waals surface area contributed by atoms with Crippen LogP contribution in [0.1, 0.15) is 39.5 Å². The van der Waals surface area contributed by atoms with Crippen molar-refractivity contribution in [3.63, 3.8) is 0 Å². The van der Waals surface area contributed by atoms with E-state index in [-0.39, 0.29) is 5.56 Å². The predicted molar refractivity (Wildman–Crippen MR) is 95.6 cm³/mol. The van der Waals surface area contributed by atoms with E-state index in [4.69, 9.17) is 10.2 Å². The maximum absolute atomic E-state index is 12.8. The van der Waals surface area contributed by atoms with Crippen LogP contribution in [0.5, 0.6) is 0 Å². The maximum Gasteiger partial charge on any atom is 0.262 e. The molecule has 0 bridgehead atoms. The third-order valence-corrected chi connectivity index (χ3v) is 4.73. The van der Waals surface area contributed by atoms with Gasteiger partial charge in [-0.1, -0.05) is 37.7 Å². The molecule has 0 unspecified atom stereocenters. The molecule has 5 heteroatoms. The summed E-state index contributed by atoms with van der Waals surface area (Å²) in [7, 11) is 0. The van der Waals surface area contributed by atoms with Crippen LogP contribution < -0.4 is 5.56 Å². The van der Waals surface area contributed by atoms with Gasteiger partial charge in [-0.2, -0.15) is 5.26 Å². The van der Waals surface area contributed by atoms with Gasteiger partial charge in [-0.05, 0) is 37.3 Å². The van der Waals surface area contributed by atoms with Crippen molar-refractivity contribution in [2.75, 3.05) is 5.75 Å². The zero-order chi connectivity index (χ0) is 16.7. The van der Waals surface area contributed by atoms with Gasteiger partial charge < -0.3 is 0 Å². The summed E-state index contributed by atoms with van der Waals surface area (Å²) < 4.78 is 1.82. The van der Waals surface area contributed by atoms with Gasteiger partial charge in [0.2, 0.25) is 0 Å². The Balaban J connectivity index is 2.26. The second-order valence-corrected chi connectivity index (χ2v) is 7.08. The molecule has 122 valence electrons. The Morgan fingerprint density at radius 1 is 1.30 bits per heavy atom. The molecule has 0 spiro atoms. The van der Waals surface area contributed by atoms with Crippen molar-refractivity contribution >= 4 is 22.7 Å². The highest BCUT2D eigenvalue weighted by molar-refractivity contribution is 7.99. The summed E-state index contributed by atoms with van der Waals surface area (Å²) >= 11 is 1.62. The molecule has 1 aromatic carbocycles. The standard InChI is InChI=1S/C18H23N3OS/c1-14(2)10-12-21-17(22)15-8-4-5-9-16(15)20-18(21)23-13-7-3-6-11-19/h4-5,8-9,14H,3,6-7,10,12-13H2,1-2H3. The summed E-state index contributed by atoms with van der Waals surface area (Å²) in [6, 6.07) is 9.69. The van der Waals surface area contributed by atoms with Crippen molar-refractivity contribution in [2.45, 2.75) is 51.2 Å². The maximum atomic E-state index is 12.8. The predicted octanol–water partition coefficient (Wildman–Crippen LogP) is 4.23. The van der Waals surface area contributed by atoms with Crippen molar-refractivity contribution < 1.29 is 0 Å². The van der Waals surface area contributed by atoms with Crippen LogP contribution in [0, 0.1) is 17.2 Å². The van der Waals surface area contributed by atoms with Gasteiger partial charge in [-0.25, -0.2) is 4.98 Å². The first-order valence-corrected chi connectivity index (χ1v) is 9.11. The van der Waals surface area contributed by atoms with E-state index in [2.05, 4.69) is 19.9 Å². The highest BCUT2D eigenvalue weighted by Gasteiger charge is 2.11. The number of benzene rings is 1. The number of nitriles is 1. The molecule has 0 aliphatic heterocycles. The second-order valence-electron chi connectivity index (χ2n) is 6.01. The average Bonchev–Trinajstić information content (AvgIpc) is 2.54. The molecule has 0 saturated heterocycles. The van der Waals surface area contributed by atoms with Gasteiger partial charge >= 0.3 is 0 Å². The van der Waals surface area contributed by atoms with E-state index in [1.807, 2.05) is 28.8 Å². The van der Waals surface area contributed by atoms with Gasteiger partial charge in [0.1, 0.15) is 0 Å². The third-order valence-electron chi connectivity index (χ3n) is 3.67. The van der Waals surface area contributed by atoms with Crippen LogP contribution in [0.2, 0.25) is 0 Å². The molecule has 0 amide bonds. The molecule has 0 aliphatic carbocycles. The summed E-state index contributed by atoms with van der Waals surface area (Å²) in [5, 5.41) is 10.1. The van der Waals surface area contributed by atoms with E-state index < -0.39 is 0 Å². The minimum atomic E-state index is 0.0516. The number of nitrogens with zero attached hydrogens (tertiary/aromatic N) is 3. The summed E-state index contributed by atoms with van der Waals surface area (Å²) in [6.07, 6.45) is 3.41. The molecule has 0 saturated carbocycles. The molecule has 2 aromatic rings. The molecule has 1 heterocycles. The van der Waals surface area contributed by atoms with Crippen molar-refractivity contribution in [3.05, 3.63) is 34.6 Å². The van der Waals surface area contributed by atoms with E-state index in [0.29, 0.717) is 24.3 Å². The molecular weight excluding hydrogens is 306 g/mol. The van der Waals surface area contributed by atoms with E-state index in [0.717, 1.165) is 35.7 Å². The van der Waals surface area contributed by atoms with E-state index in [9.17, 15) is 4.79 Å². The Labute approximate surface area is 141 Å². The number of hydrogen-bond donors (Lipinski definition) is 0. The quantitative estimate of drug-likeness (QED) is 0.413. The Kier molecular flexibility index (Phi) is 6.66. The Bertz CT molecular complexity index is 746. The van der Waals surface area contributed by atoms with Crippen LogP contribution in [-0.2, 0) is 6.54 Å². The number of unbranched alkanes of at least 4 members (excludes halogenated alkanes) is 2. The molecule has 1 aromatic heterocycles. The first kappa shape index (κ1) is 17.6. The summed E-state index contributed by atoms with van der Waals surface area (Å²) in [6.45, 7) is 5.03. The number of hydrogen-bond acceptors (Lipinski definition) is 4. The van der Waals surface area contributed by atoms with Crippen LogP contribution in [0.15, 0.2) is 34.2 Å². The lowest BCUT2D eigenvalue weighted by Gasteiger charge is -2.14. The van der Waals surface area contributed by atoms with Gasteiger partial charge in [0, 0.05) is 18.7 Å². The van der Waals surface area contributed by atoms with E-state index in [1.54, 1.807) is 11.8 Å². The number of rotatable bonds is 8. The molecule has 0 atom stereocenters. The fraction of sp³-hybridized carbons (Fsp3) is 0.500. The molecular formula is C18H23N3OS. The van der Waals surface area contributed by atoms with Crippen LogP contribution in [0.3, 0.4) is 0 Å². The fourth-order valence-electron chi connectivity index (χ4n) is 2.31. The smallest absolute Gasteiger partial charge is 0.262 e. The normalized spacial score (nSPS) is 11.0. The highest BCUT2D eigenvalue weighted by Crippen LogP contribution is 2.20. The number of fused-ring (bicyclic) bond motifs is 1. The lowest BCUT2D eigenvalue weighted by molar-refractivity contribution is 0.481. The SMILES string of the molecule is CC(C)CCn1c(SCCCCC#N)nc2ccccc2c1=O. The highest BCUT2D eigenvalue weighted by atomic mass is 32.2. The summed E-state index contributed by atoms with van der Waals surface area (Å²) in [5.74, 6) is 1.43. The van der Waals surface area contributed by atoms with Crippen LogP contribution in [0.25, 0.3) is 10.9 Å². The van der Waals surface area contributed by atoms with E-state index in [1.165, 1.54) is 0 Å². The number of para-hydroxylation sites is 1. The fourth-order valence-corrected chi connectivity index (χ4v) is 3.34. The molecule has 0 fully saturated rings. The Morgan fingerprint density at radius 3 is 2.83 bits per heavy atom. The minimum Gasteiger partial charge on any atom is -0.287 e. The molecule has 2 rings (SSSR count). The Morgan fingerprint density at radius 2 is 2.09 bits per heavy atom. The van der Waals surface area contributed by atoms with E-state index >= 15 is 0 Å². The topological polar surface area (TPSA) is 58.7 Å². The van der Waals surface area contributed by atoms with Crippen molar-refractivity contribution in [1.29, 1.82) is 5.26 Å². The largest absolute Gasteiger partial charge is 0.287 e. The summed E-state index contributed by atoms with van der Waals surface area (Å²) in [5.41, 5.74) is 0.814. The monoisotopic (exact) mass is 329 g/mol. The molecule has 0 aliphatic rings. The van der Waals surface area contributed by atoms with Crippen molar-refractivity contribution in [3.8, 4) is 6.07 Å². The zero-order valence-electron chi connectivity index (χ0n) is 13.8. The lowest BCUT2D eigenvalue weighted by atomic mass is 10.1.